The summed E-state index contributed by atoms with van der Waals surface area (Å²) in [4.78, 5) is 11.2. The van der Waals surface area contributed by atoms with E-state index in [-0.39, 0.29) is 12.2 Å². The molecule has 6 heteroatoms. The molecule has 0 spiro atoms. The summed E-state index contributed by atoms with van der Waals surface area (Å²) in [6, 6.07) is 5.64. The van der Waals surface area contributed by atoms with Crippen molar-refractivity contribution in [2.45, 2.75) is 26.1 Å². The van der Waals surface area contributed by atoms with Crippen LogP contribution < -0.4 is 4.74 Å². The zero-order valence-corrected chi connectivity index (χ0v) is 10.7. The number of esters is 1. The van der Waals surface area contributed by atoms with Gasteiger partial charge in [0.15, 0.2) is 0 Å². The first-order valence-electron chi connectivity index (χ1n) is 5.74. The van der Waals surface area contributed by atoms with Crippen LogP contribution in [-0.2, 0) is 9.53 Å². The number of hydrogen-bond acceptors (Lipinski definition) is 4. The van der Waals surface area contributed by atoms with E-state index in [1.54, 1.807) is 6.92 Å². The topological polar surface area (TPSA) is 55.8 Å². The molecule has 0 aliphatic heterocycles. The largest absolute Gasteiger partial charge is 0.469 e. The molecule has 0 radical (unpaired) electrons. The number of halogens is 2. The van der Waals surface area contributed by atoms with Gasteiger partial charge in [-0.2, -0.15) is 8.78 Å². The zero-order valence-electron chi connectivity index (χ0n) is 10.7. The van der Waals surface area contributed by atoms with Crippen LogP contribution in [0.4, 0.5) is 8.78 Å². The molecule has 0 aromatic heterocycles. The first kappa shape index (κ1) is 15.4. The van der Waals surface area contributed by atoms with Crippen LogP contribution in [0.1, 0.15) is 25.0 Å². The number of methoxy groups -OCH3 is 1. The molecule has 0 saturated carbocycles. The second kappa shape index (κ2) is 7.04. The Morgan fingerprint density at radius 3 is 2.37 bits per heavy atom. The fourth-order valence-electron chi connectivity index (χ4n) is 1.64. The summed E-state index contributed by atoms with van der Waals surface area (Å²) in [5.74, 6) is -0.833. The maximum Gasteiger partial charge on any atom is 0.387 e. The average Bonchev–Trinajstić information content (AvgIpc) is 2.37. The van der Waals surface area contributed by atoms with E-state index in [9.17, 15) is 18.7 Å². The van der Waals surface area contributed by atoms with Crippen LogP contribution in [0.3, 0.4) is 0 Å². The average molecular weight is 274 g/mol. The molecule has 1 rings (SSSR count). The third-order valence-electron chi connectivity index (χ3n) is 2.67. The molecule has 1 N–H and O–H groups in total. The van der Waals surface area contributed by atoms with E-state index >= 15 is 0 Å². The number of aliphatic hydroxyl groups excluding tert-OH is 1. The lowest BCUT2D eigenvalue weighted by molar-refractivity contribution is -0.145. The fraction of sp³-hybridized carbons (Fsp3) is 0.462. The summed E-state index contributed by atoms with van der Waals surface area (Å²) in [6.45, 7) is -1.24. The summed E-state index contributed by atoms with van der Waals surface area (Å²) in [5.41, 5.74) is 0.525. The molecular formula is C13H16F2O4. The Labute approximate surface area is 109 Å². The van der Waals surface area contributed by atoms with Crippen molar-refractivity contribution in [1.82, 2.24) is 0 Å². The summed E-state index contributed by atoms with van der Waals surface area (Å²) < 4.78 is 32.7. The molecule has 4 nitrogen and oxygen atoms in total. The number of rotatable bonds is 6. The summed E-state index contributed by atoms with van der Waals surface area (Å²) in [6.07, 6.45) is -0.670. The predicted molar refractivity (Wildman–Crippen MR) is 63.8 cm³/mol. The first-order valence-corrected chi connectivity index (χ1v) is 5.74. The van der Waals surface area contributed by atoms with E-state index in [0.29, 0.717) is 5.56 Å². The Balaban J connectivity index is 2.62. The molecule has 1 aromatic carbocycles. The maximum atomic E-state index is 12.0. The number of carbonyl (C=O) groups excluding carboxylic acids is 1. The second-order valence-electron chi connectivity index (χ2n) is 4.12. The third kappa shape index (κ3) is 4.82. The molecule has 0 fully saturated rings. The van der Waals surface area contributed by atoms with Gasteiger partial charge >= 0.3 is 12.6 Å². The van der Waals surface area contributed by atoms with Gasteiger partial charge in [-0.3, -0.25) is 4.79 Å². The lowest BCUT2D eigenvalue weighted by atomic mass is 9.98. The smallest absolute Gasteiger partial charge is 0.387 e. The number of benzene rings is 1. The maximum absolute atomic E-state index is 12.0. The predicted octanol–water partition coefficient (Wildman–Crippen LogP) is 2.52. The van der Waals surface area contributed by atoms with Crippen molar-refractivity contribution in [3.63, 3.8) is 0 Å². The molecule has 0 saturated heterocycles. The van der Waals surface area contributed by atoms with Crippen LogP contribution in [0.25, 0.3) is 0 Å². The van der Waals surface area contributed by atoms with Crippen molar-refractivity contribution in [3.8, 4) is 5.75 Å². The van der Waals surface area contributed by atoms with Gasteiger partial charge in [-0.05, 0) is 24.1 Å². The van der Waals surface area contributed by atoms with Gasteiger partial charge in [0.25, 0.3) is 0 Å². The number of hydrogen-bond donors (Lipinski definition) is 1. The summed E-state index contributed by atoms with van der Waals surface area (Å²) in [5, 5.41) is 9.91. The van der Waals surface area contributed by atoms with Crippen molar-refractivity contribution < 1.29 is 28.2 Å². The van der Waals surface area contributed by atoms with Crippen LogP contribution in [0, 0.1) is 5.92 Å². The standard InChI is InChI=1S/C13H16F2O4/c1-8(12(17)18-2)7-11(16)9-3-5-10(6-4-9)19-13(14)15/h3-6,8,11,13,16H,7H2,1-2H3. The van der Waals surface area contributed by atoms with Crippen LogP contribution in [0.5, 0.6) is 5.75 Å². The zero-order chi connectivity index (χ0) is 14.4. The Morgan fingerprint density at radius 1 is 1.32 bits per heavy atom. The molecule has 2 atom stereocenters. The lowest BCUT2D eigenvalue weighted by Crippen LogP contribution is -2.16. The van der Waals surface area contributed by atoms with Gasteiger partial charge in [-0.25, -0.2) is 0 Å². The van der Waals surface area contributed by atoms with Crippen molar-refractivity contribution in [3.05, 3.63) is 29.8 Å². The Bertz CT molecular complexity index is 406. The van der Waals surface area contributed by atoms with Crippen molar-refractivity contribution >= 4 is 5.97 Å². The van der Waals surface area contributed by atoms with E-state index < -0.39 is 24.6 Å². The second-order valence-corrected chi connectivity index (χ2v) is 4.12. The number of alkyl halides is 2. The summed E-state index contributed by atoms with van der Waals surface area (Å²) >= 11 is 0. The minimum absolute atomic E-state index is 0.0203. The van der Waals surface area contributed by atoms with E-state index in [4.69, 9.17) is 0 Å². The minimum atomic E-state index is -2.88. The van der Waals surface area contributed by atoms with Gasteiger partial charge < -0.3 is 14.6 Å². The van der Waals surface area contributed by atoms with Crippen LogP contribution in [0.2, 0.25) is 0 Å². The molecule has 1 aromatic rings. The molecular weight excluding hydrogens is 258 g/mol. The van der Waals surface area contributed by atoms with Gasteiger partial charge in [-0.15, -0.1) is 0 Å². The van der Waals surface area contributed by atoms with Crippen LogP contribution in [-0.4, -0.2) is 24.8 Å². The number of ether oxygens (including phenoxy) is 2. The quantitative estimate of drug-likeness (QED) is 0.810. The van der Waals surface area contributed by atoms with E-state index in [2.05, 4.69) is 9.47 Å². The molecule has 19 heavy (non-hydrogen) atoms. The Hall–Kier alpha value is -1.69. The molecule has 0 amide bonds. The van der Waals surface area contributed by atoms with E-state index in [1.165, 1.54) is 31.4 Å². The molecule has 0 aliphatic rings. The third-order valence-corrected chi connectivity index (χ3v) is 2.67. The number of aliphatic hydroxyl groups is 1. The van der Waals surface area contributed by atoms with Gasteiger partial charge in [0.05, 0.1) is 19.1 Å². The highest BCUT2D eigenvalue weighted by Crippen LogP contribution is 2.24. The Morgan fingerprint density at radius 2 is 1.89 bits per heavy atom. The van der Waals surface area contributed by atoms with Crippen molar-refractivity contribution in [2.24, 2.45) is 5.92 Å². The van der Waals surface area contributed by atoms with Crippen LogP contribution in [0.15, 0.2) is 24.3 Å². The highest BCUT2D eigenvalue weighted by Gasteiger charge is 2.19. The van der Waals surface area contributed by atoms with Gasteiger partial charge in [0.1, 0.15) is 5.75 Å². The van der Waals surface area contributed by atoms with Gasteiger partial charge in [0, 0.05) is 0 Å². The van der Waals surface area contributed by atoms with Crippen molar-refractivity contribution in [2.75, 3.05) is 7.11 Å². The minimum Gasteiger partial charge on any atom is -0.469 e. The molecule has 0 aliphatic carbocycles. The fourth-order valence-corrected chi connectivity index (χ4v) is 1.64. The summed E-state index contributed by atoms with van der Waals surface area (Å²) in [7, 11) is 1.28. The Kier molecular flexibility index (Phi) is 5.69. The highest BCUT2D eigenvalue weighted by atomic mass is 19.3. The lowest BCUT2D eigenvalue weighted by Gasteiger charge is -2.15. The van der Waals surface area contributed by atoms with E-state index in [1.807, 2.05) is 0 Å². The first-order chi connectivity index (χ1) is 8.93. The monoisotopic (exact) mass is 274 g/mol. The van der Waals surface area contributed by atoms with Crippen LogP contribution >= 0.6 is 0 Å². The van der Waals surface area contributed by atoms with Crippen molar-refractivity contribution in [1.29, 1.82) is 0 Å². The van der Waals surface area contributed by atoms with E-state index in [0.717, 1.165) is 0 Å². The molecule has 106 valence electrons. The van der Waals surface area contributed by atoms with Gasteiger partial charge in [0.2, 0.25) is 0 Å². The molecule has 0 heterocycles. The number of carbonyl (C=O) groups is 1. The molecule has 2 unspecified atom stereocenters. The van der Waals surface area contributed by atoms with Gasteiger partial charge in [-0.1, -0.05) is 19.1 Å². The molecule has 0 bridgehead atoms. The normalized spacial score (nSPS) is 14.0. The SMILES string of the molecule is COC(=O)C(C)CC(O)c1ccc(OC(F)F)cc1. The highest BCUT2D eigenvalue weighted by molar-refractivity contribution is 5.71.